The molecule has 0 heterocycles. The maximum atomic E-state index is 11.0. The molecular weight excluding hydrogens is 206 g/mol. The second-order valence-corrected chi connectivity index (χ2v) is 5.08. The average molecular weight is 223 g/mol. The molecule has 1 aromatic rings. The molecule has 15 heavy (non-hydrogen) atoms. The van der Waals surface area contributed by atoms with Crippen molar-refractivity contribution in [3.05, 3.63) is 29.3 Å². The van der Waals surface area contributed by atoms with Gasteiger partial charge >= 0.3 is 0 Å². The number of carbonyl (C=O) groups is 1. The summed E-state index contributed by atoms with van der Waals surface area (Å²) in [6.45, 7) is 8.34. The summed E-state index contributed by atoms with van der Waals surface area (Å²) in [4.78, 5) is 11.0. The molecule has 3 heteroatoms. The Labute approximate surface area is 96.5 Å². The molecule has 1 aromatic carbocycles. The number of amides is 1. The van der Waals surface area contributed by atoms with Gasteiger partial charge in [-0.25, -0.2) is 0 Å². The second-order valence-electron chi connectivity index (χ2n) is 4.68. The molecule has 0 radical (unpaired) electrons. The van der Waals surface area contributed by atoms with Crippen LogP contribution in [-0.2, 0) is 5.41 Å². The van der Waals surface area contributed by atoms with Crippen LogP contribution in [0.1, 0.15) is 31.9 Å². The Morgan fingerprint density at radius 3 is 2.40 bits per heavy atom. The van der Waals surface area contributed by atoms with Gasteiger partial charge in [0.1, 0.15) is 0 Å². The minimum Gasteiger partial charge on any atom is -0.317 e. The summed E-state index contributed by atoms with van der Waals surface area (Å²) in [6, 6.07) is 6.02. The summed E-state index contributed by atoms with van der Waals surface area (Å²) < 4.78 is 0. The van der Waals surface area contributed by atoms with E-state index in [4.69, 9.17) is 0 Å². The van der Waals surface area contributed by atoms with Gasteiger partial charge in [-0.2, -0.15) is 0 Å². The minimum atomic E-state index is -0.324. The molecule has 2 nitrogen and oxygen atoms in total. The van der Waals surface area contributed by atoms with Crippen LogP contribution in [0.25, 0.3) is 0 Å². The van der Waals surface area contributed by atoms with Crippen molar-refractivity contribution in [1.29, 1.82) is 0 Å². The van der Waals surface area contributed by atoms with Gasteiger partial charge < -0.3 is 5.32 Å². The predicted octanol–water partition coefficient (Wildman–Crippen LogP) is 3.75. The lowest BCUT2D eigenvalue weighted by Crippen LogP contribution is -2.16. The lowest BCUT2D eigenvalue weighted by atomic mass is 9.84. The molecule has 0 fully saturated rings. The van der Waals surface area contributed by atoms with E-state index in [1.165, 1.54) is 0 Å². The summed E-state index contributed by atoms with van der Waals surface area (Å²) in [5.41, 5.74) is 3.08. The topological polar surface area (TPSA) is 29.1 Å². The summed E-state index contributed by atoms with van der Waals surface area (Å²) in [5, 5.41) is 2.45. The van der Waals surface area contributed by atoms with E-state index in [0.717, 1.165) is 16.8 Å². The van der Waals surface area contributed by atoms with Crippen LogP contribution >= 0.6 is 12.6 Å². The Hall–Kier alpha value is -0.960. The maximum absolute atomic E-state index is 11.0. The smallest absolute Gasteiger partial charge is 0.280 e. The molecule has 0 saturated carbocycles. The van der Waals surface area contributed by atoms with Crippen molar-refractivity contribution in [2.45, 2.75) is 33.1 Å². The van der Waals surface area contributed by atoms with E-state index in [-0.39, 0.29) is 10.7 Å². The Morgan fingerprint density at radius 1 is 1.33 bits per heavy atom. The van der Waals surface area contributed by atoms with Gasteiger partial charge in [0.25, 0.3) is 5.24 Å². The molecule has 0 unspecified atom stereocenters. The van der Waals surface area contributed by atoms with Gasteiger partial charge in [0, 0.05) is 5.69 Å². The highest BCUT2D eigenvalue weighted by Crippen LogP contribution is 2.31. The standard InChI is InChI=1S/C12H17NOS/c1-8-6-5-7-9(12(2,3)4)10(8)13-11(14)15/h5-7H,1-4H3,(H2,13,14,15). The SMILES string of the molecule is Cc1cccc(C(C)(C)C)c1NC(=O)S. The van der Waals surface area contributed by atoms with Gasteiger partial charge in [0.15, 0.2) is 0 Å². The molecule has 0 spiro atoms. The van der Waals surface area contributed by atoms with Crippen molar-refractivity contribution < 1.29 is 4.79 Å². The Morgan fingerprint density at radius 2 is 1.93 bits per heavy atom. The number of thiol groups is 1. The number of para-hydroxylation sites is 1. The van der Waals surface area contributed by atoms with E-state index in [0.29, 0.717) is 0 Å². The van der Waals surface area contributed by atoms with Gasteiger partial charge in [-0.3, -0.25) is 4.79 Å². The highest BCUT2D eigenvalue weighted by atomic mass is 32.1. The number of rotatable bonds is 1. The molecule has 0 bridgehead atoms. The Bertz CT molecular complexity index is 380. The second kappa shape index (κ2) is 4.27. The first kappa shape index (κ1) is 12.1. The minimum absolute atomic E-state index is 0.0115. The quantitative estimate of drug-likeness (QED) is 0.697. The first-order chi connectivity index (χ1) is 6.82. The Kier molecular flexibility index (Phi) is 3.45. The zero-order valence-electron chi connectivity index (χ0n) is 9.59. The molecule has 0 aliphatic rings. The van der Waals surface area contributed by atoms with E-state index < -0.39 is 0 Å². The van der Waals surface area contributed by atoms with Crippen LogP contribution in [0.4, 0.5) is 10.5 Å². The van der Waals surface area contributed by atoms with Gasteiger partial charge in [0.2, 0.25) is 0 Å². The van der Waals surface area contributed by atoms with Gasteiger partial charge in [-0.05, 0) is 23.5 Å². The number of aryl methyl sites for hydroxylation is 1. The number of carbonyl (C=O) groups excluding carboxylic acids is 1. The lowest BCUT2D eigenvalue weighted by Gasteiger charge is -2.24. The van der Waals surface area contributed by atoms with Crippen LogP contribution in [0.2, 0.25) is 0 Å². The third-order valence-corrected chi connectivity index (χ3v) is 2.42. The van der Waals surface area contributed by atoms with Crippen LogP contribution in [0.15, 0.2) is 18.2 Å². The van der Waals surface area contributed by atoms with Gasteiger partial charge in [0.05, 0.1) is 0 Å². The van der Waals surface area contributed by atoms with Gasteiger partial charge in [-0.1, -0.05) is 51.6 Å². The van der Waals surface area contributed by atoms with Crippen molar-refractivity contribution >= 4 is 23.6 Å². The van der Waals surface area contributed by atoms with Crippen LogP contribution in [0, 0.1) is 6.92 Å². The van der Waals surface area contributed by atoms with E-state index >= 15 is 0 Å². The largest absolute Gasteiger partial charge is 0.317 e. The highest BCUT2D eigenvalue weighted by Gasteiger charge is 2.19. The summed E-state index contributed by atoms with van der Waals surface area (Å²) in [7, 11) is 0. The van der Waals surface area contributed by atoms with Crippen LogP contribution < -0.4 is 5.32 Å². The molecule has 1 amide bonds. The Balaban J connectivity index is 3.26. The predicted molar refractivity (Wildman–Crippen MR) is 67.9 cm³/mol. The molecule has 0 saturated heterocycles. The molecule has 0 atom stereocenters. The first-order valence-corrected chi connectivity index (χ1v) is 5.37. The molecule has 0 aliphatic carbocycles. The summed E-state index contributed by atoms with van der Waals surface area (Å²) in [6.07, 6.45) is 0. The zero-order valence-corrected chi connectivity index (χ0v) is 10.5. The van der Waals surface area contributed by atoms with Crippen LogP contribution in [-0.4, -0.2) is 5.24 Å². The fraction of sp³-hybridized carbons (Fsp3) is 0.417. The molecular formula is C12H17NOS. The zero-order chi connectivity index (χ0) is 11.6. The normalized spacial score (nSPS) is 11.3. The third-order valence-electron chi connectivity index (χ3n) is 2.31. The van der Waals surface area contributed by atoms with Crippen molar-refractivity contribution in [2.24, 2.45) is 0 Å². The average Bonchev–Trinajstić information content (AvgIpc) is 2.05. The van der Waals surface area contributed by atoms with E-state index in [1.807, 2.05) is 25.1 Å². The fourth-order valence-corrected chi connectivity index (χ4v) is 1.68. The van der Waals surface area contributed by atoms with Crippen molar-refractivity contribution in [3.63, 3.8) is 0 Å². The third kappa shape index (κ3) is 2.99. The molecule has 1 N–H and O–H groups in total. The van der Waals surface area contributed by atoms with E-state index in [9.17, 15) is 4.79 Å². The fourth-order valence-electron chi connectivity index (χ4n) is 1.57. The van der Waals surface area contributed by atoms with E-state index in [1.54, 1.807) is 0 Å². The highest BCUT2D eigenvalue weighted by molar-refractivity contribution is 7.96. The van der Waals surface area contributed by atoms with Crippen LogP contribution in [0.5, 0.6) is 0 Å². The van der Waals surface area contributed by atoms with Crippen molar-refractivity contribution in [3.8, 4) is 0 Å². The van der Waals surface area contributed by atoms with Crippen molar-refractivity contribution in [1.82, 2.24) is 0 Å². The number of benzene rings is 1. The van der Waals surface area contributed by atoms with Crippen molar-refractivity contribution in [2.75, 3.05) is 5.32 Å². The lowest BCUT2D eigenvalue weighted by molar-refractivity contribution is 0.270. The van der Waals surface area contributed by atoms with Crippen LogP contribution in [0.3, 0.4) is 0 Å². The maximum Gasteiger partial charge on any atom is 0.280 e. The monoisotopic (exact) mass is 223 g/mol. The number of hydrogen-bond acceptors (Lipinski definition) is 1. The molecule has 0 aromatic heterocycles. The molecule has 1 rings (SSSR count). The van der Waals surface area contributed by atoms with Gasteiger partial charge in [-0.15, -0.1) is 0 Å². The number of anilines is 1. The number of nitrogens with one attached hydrogen (secondary N) is 1. The molecule has 82 valence electrons. The summed E-state index contributed by atoms with van der Waals surface area (Å²) in [5.74, 6) is 0. The first-order valence-electron chi connectivity index (χ1n) is 4.92. The number of hydrogen-bond donors (Lipinski definition) is 2. The van der Waals surface area contributed by atoms with E-state index in [2.05, 4.69) is 38.7 Å². The molecule has 0 aliphatic heterocycles. The summed E-state index contributed by atoms with van der Waals surface area (Å²) >= 11 is 3.75.